The van der Waals surface area contributed by atoms with Crippen molar-refractivity contribution in [2.75, 3.05) is 5.75 Å². The molecule has 1 aromatic rings. The van der Waals surface area contributed by atoms with Gasteiger partial charge in [-0.3, -0.25) is 4.79 Å². The summed E-state index contributed by atoms with van der Waals surface area (Å²) in [6, 6.07) is 0. The molecular weight excluding hydrogens is 204 g/mol. The highest BCUT2D eigenvalue weighted by molar-refractivity contribution is 7.99. The van der Waals surface area contributed by atoms with E-state index in [1.165, 1.54) is 0 Å². The Morgan fingerprint density at radius 1 is 1.71 bits per heavy atom. The zero-order valence-corrected chi connectivity index (χ0v) is 8.50. The fourth-order valence-electron chi connectivity index (χ4n) is 1.05. The van der Waals surface area contributed by atoms with Crippen molar-refractivity contribution in [3.05, 3.63) is 5.82 Å². The molecule has 1 heterocycles. The van der Waals surface area contributed by atoms with Gasteiger partial charge < -0.3 is 9.63 Å². The molecule has 0 spiro atoms. The molecule has 1 aliphatic rings. The highest BCUT2D eigenvalue weighted by Gasteiger charge is 2.43. The molecule has 2 rings (SSSR count). The van der Waals surface area contributed by atoms with Crippen LogP contribution in [-0.4, -0.2) is 27.0 Å². The van der Waals surface area contributed by atoms with E-state index in [0.29, 0.717) is 11.0 Å². The number of hydrogen-bond acceptors (Lipinski definition) is 5. The molecule has 76 valence electrons. The smallest absolute Gasteiger partial charge is 0.314 e. The summed E-state index contributed by atoms with van der Waals surface area (Å²) in [5.74, 6) is -0.226. The van der Waals surface area contributed by atoms with Crippen LogP contribution >= 0.6 is 11.8 Å². The fraction of sp³-hybridized carbons (Fsp3) is 0.625. The third kappa shape index (κ3) is 1.89. The molecule has 1 saturated carbocycles. The van der Waals surface area contributed by atoms with Crippen molar-refractivity contribution in [1.29, 1.82) is 0 Å². The second kappa shape index (κ2) is 3.27. The van der Waals surface area contributed by atoms with Crippen molar-refractivity contribution in [1.82, 2.24) is 10.1 Å². The van der Waals surface area contributed by atoms with Crippen molar-refractivity contribution in [2.24, 2.45) is 0 Å². The van der Waals surface area contributed by atoms with E-state index < -0.39 is 5.97 Å². The standard InChI is InChI=1S/C8H10N2O3S/c1-8(2-3-8)6-9-7(13-10-6)14-4-5(11)12/h2-4H2,1H3,(H,11,12). The number of carboxylic acid groups (broad SMARTS) is 1. The summed E-state index contributed by atoms with van der Waals surface area (Å²) in [5.41, 5.74) is 0.0749. The SMILES string of the molecule is CC1(c2noc(SCC(=O)O)n2)CC1. The van der Waals surface area contributed by atoms with Crippen LogP contribution in [0.3, 0.4) is 0 Å². The van der Waals surface area contributed by atoms with Gasteiger partial charge in [0.15, 0.2) is 5.82 Å². The third-order valence-corrected chi connectivity index (χ3v) is 3.07. The lowest BCUT2D eigenvalue weighted by Gasteiger charge is -1.96. The van der Waals surface area contributed by atoms with Crippen molar-refractivity contribution in [3.63, 3.8) is 0 Å². The van der Waals surface area contributed by atoms with E-state index in [1.54, 1.807) is 0 Å². The minimum absolute atomic E-state index is 0.0433. The lowest BCUT2D eigenvalue weighted by Crippen LogP contribution is -2.02. The molecular formula is C8H10N2O3S. The van der Waals surface area contributed by atoms with Gasteiger partial charge in [0.2, 0.25) is 0 Å². The summed E-state index contributed by atoms with van der Waals surface area (Å²) in [4.78, 5) is 14.4. The van der Waals surface area contributed by atoms with Crippen LogP contribution in [0.1, 0.15) is 25.6 Å². The number of carboxylic acids is 1. The molecule has 0 aliphatic heterocycles. The second-order valence-corrected chi connectivity index (χ2v) is 4.55. The van der Waals surface area contributed by atoms with Crippen LogP contribution in [0.4, 0.5) is 0 Å². The molecule has 1 fully saturated rings. The van der Waals surface area contributed by atoms with E-state index in [-0.39, 0.29) is 11.2 Å². The first-order chi connectivity index (χ1) is 6.60. The highest BCUT2D eigenvalue weighted by Crippen LogP contribution is 2.46. The monoisotopic (exact) mass is 214 g/mol. The van der Waals surface area contributed by atoms with Gasteiger partial charge in [0.1, 0.15) is 5.75 Å². The van der Waals surface area contributed by atoms with E-state index in [0.717, 1.165) is 24.6 Å². The van der Waals surface area contributed by atoms with Crippen LogP contribution < -0.4 is 0 Å². The largest absolute Gasteiger partial charge is 0.481 e. The molecule has 0 aromatic carbocycles. The molecule has 14 heavy (non-hydrogen) atoms. The van der Waals surface area contributed by atoms with Gasteiger partial charge in [-0.25, -0.2) is 0 Å². The van der Waals surface area contributed by atoms with Crippen LogP contribution in [0.25, 0.3) is 0 Å². The first kappa shape index (κ1) is 9.51. The van der Waals surface area contributed by atoms with Gasteiger partial charge in [0, 0.05) is 5.41 Å². The minimum Gasteiger partial charge on any atom is -0.481 e. The maximum atomic E-state index is 10.3. The lowest BCUT2D eigenvalue weighted by molar-refractivity contribution is -0.133. The van der Waals surface area contributed by atoms with E-state index in [2.05, 4.69) is 17.1 Å². The summed E-state index contributed by atoms with van der Waals surface area (Å²) in [6.07, 6.45) is 2.16. The Balaban J connectivity index is 1.99. The molecule has 1 N–H and O–H groups in total. The number of hydrogen-bond donors (Lipinski definition) is 1. The highest BCUT2D eigenvalue weighted by atomic mass is 32.2. The second-order valence-electron chi connectivity index (χ2n) is 3.63. The van der Waals surface area contributed by atoms with E-state index >= 15 is 0 Å². The summed E-state index contributed by atoms with van der Waals surface area (Å²) in [5, 5.41) is 12.6. The van der Waals surface area contributed by atoms with Crippen LogP contribution in [0.2, 0.25) is 0 Å². The molecule has 0 saturated heterocycles. The summed E-state index contributed by atoms with van der Waals surface area (Å²) in [6.45, 7) is 2.07. The zero-order valence-electron chi connectivity index (χ0n) is 7.69. The topological polar surface area (TPSA) is 76.2 Å². The molecule has 0 radical (unpaired) electrons. The molecule has 0 amide bonds. The van der Waals surface area contributed by atoms with Crippen LogP contribution in [0.5, 0.6) is 0 Å². The Bertz CT molecular complexity index is 359. The summed E-state index contributed by atoms with van der Waals surface area (Å²) < 4.78 is 4.92. The van der Waals surface area contributed by atoms with Gasteiger partial charge in [-0.05, 0) is 12.8 Å². The van der Waals surface area contributed by atoms with Gasteiger partial charge in [-0.15, -0.1) is 0 Å². The van der Waals surface area contributed by atoms with Crippen LogP contribution in [0.15, 0.2) is 9.75 Å². The lowest BCUT2D eigenvalue weighted by atomic mass is 10.1. The number of carbonyl (C=O) groups is 1. The summed E-state index contributed by atoms with van der Waals surface area (Å²) >= 11 is 1.05. The van der Waals surface area contributed by atoms with E-state index in [9.17, 15) is 4.79 Å². The van der Waals surface area contributed by atoms with Gasteiger partial charge in [0.05, 0.1) is 0 Å². The third-order valence-electron chi connectivity index (χ3n) is 2.27. The van der Waals surface area contributed by atoms with Crippen molar-refractivity contribution < 1.29 is 14.4 Å². The van der Waals surface area contributed by atoms with Crippen LogP contribution in [0, 0.1) is 0 Å². The maximum absolute atomic E-state index is 10.3. The number of aliphatic carboxylic acids is 1. The molecule has 1 aromatic heterocycles. The van der Waals surface area contributed by atoms with Gasteiger partial charge in [-0.2, -0.15) is 4.98 Å². The molecule has 6 heteroatoms. The molecule has 0 atom stereocenters. The first-order valence-corrected chi connectivity index (χ1v) is 5.27. The quantitative estimate of drug-likeness (QED) is 0.761. The Morgan fingerprint density at radius 3 is 3.00 bits per heavy atom. The minimum atomic E-state index is -0.882. The molecule has 1 aliphatic carbocycles. The molecule has 5 nitrogen and oxygen atoms in total. The number of rotatable bonds is 4. The van der Waals surface area contributed by atoms with Gasteiger partial charge in [0.25, 0.3) is 5.22 Å². The molecule has 0 unspecified atom stereocenters. The number of aromatic nitrogens is 2. The predicted molar refractivity (Wildman–Crippen MR) is 49.2 cm³/mol. The first-order valence-electron chi connectivity index (χ1n) is 4.29. The normalized spacial score (nSPS) is 18.1. The average molecular weight is 214 g/mol. The Morgan fingerprint density at radius 2 is 2.43 bits per heavy atom. The Hall–Kier alpha value is -1.04. The van der Waals surface area contributed by atoms with Crippen molar-refractivity contribution in [3.8, 4) is 0 Å². The maximum Gasteiger partial charge on any atom is 0.314 e. The fourth-order valence-corrected chi connectivity index (χ4v) is 1.54. The van der Waals surface area contributed by atoms with Crippen molar-refractivity contribution >= 4 is 17.7 Å². The molecule has 0 bridgehead atoms. The van der Waals surface area contributed by atoms with Gasteiger partial charge in [-0.1, -0.05) is 23.8 Å². The van der Waals surface area contributed by atoms with E-state index in [1.807, 2.05) is 0 Å². The number of nitrogens with zero attached hydrogens (tertiary/aromatic N) is 2. The average Bonchev–Trinajstić information content (AvgIpc) is 2.70. The summed E-state index contributed by atoms with van der Waals surface area (Å²) in [7, 11) is 0. The zero-order chi connectivity index (χ0) is 10.2. The number of thioether (sulfide) groups is 1. The van der Waals surface area contributed by atoms with Crippen LogP contribution in [-0.2, 0) is 10.2 Å². The Labute approximate surface area is 84.9 Å². The van der Waals surface area contributed by atoms with E-state index in [4.69, 9.17) is 9.63 Å². The van der Waals surface area contributed by atoms with Gasteiger partial charge >= 0.3 is 5.97 Å². The van der Waals surface area contributed by atoms with Crippen molar-refractivity contribution in [2.45, 2.75) is 30.4 Å². The Kier molecular flexibility index (Phi) is 2.22. The predicted octanol–water partition coefficient (Wildman–Crippen LogP) is 1.30.